The minimum atomic E-state index is -0.487. The first kappa shape index (κ1) is 11.1. The molecule has 0 aliphatic heterocycles. The van der Waals surface area contributed by atoms with Gasteiger partial charge in [0.15, 0.2) is 0 Å². The molecule has 0 spiro atoms. The first-order chi connectivity index (χ1) is 8.10. The molecule has 0 radical (unpaired) electrons. The smallest absolute Gasteiger partial charge is 0.327 e. The fourth-order valence-corrected chi connectivity index (χ4v) is 1.45. The van der Waals surface area contributed by atoms with Gasteiger partial charge in [0.05, 0.1) is 17.5 Å². The predicted molar refractivity (Wildman–Crippen MR) is 58.4 cm³/mol. The summed E-state index contributed by atoms with van der Waals surface area (Å²) in [6.45, 7) is -0.0149. The molecule has 0 fully saturated rings. The van der Waals surface area contributed by atoms with Gasteiger partial charge in [-0.25, -0.2) is 0 Å². The highest BCUT2D eigenvalue weighted by atomic mass is 16.6. The average Bonchev–Trinajstić information content (AvgIpc) is 2.69. The summed E-state index contributed by atoms with van der Waals surface area (Å²) in [5, 5.41) is 15.4. The molecule has 0 aliphatic rings. The van der Waals surface area contributed by atoms with E-state index in [2.05, 4.69) is 9.84 Å². The van der Waals surface area contributed by atoms with Gasteiger partial charge in [0.2, 0.25) is 0 Å². The van der Waals surface area contributed by atoms with Crippen molar-refractivity contribution in [2.75, 3.05) is 7.11 Å². The number of hydrogen-bond acceptors (Lipinski definition) is 5. The molecule has 2 aromatic rings. The summed E-state index contributed by atoms with van der Waals surface area (Å²) >= 11 is 0. The molecule has 17 heavy (non-hydrogen) atoms. The standard InChI is InChI=1S/C10H9N3O4/c1-17-10(14)6-12-5-7-2-3-8(13(15)16)4-9(7)11-12/h2-5H,6H2,1H3. The number of esters is 1. The lowest BCUT2D eigenvalue weighted by molar-refractivity contribution is -0.384. The van der Waals surface area contributed by atoms with Crippen molar-refractivity contribution in [2.45, 2.75) is 6.54 Å². The Hall–Kier alpha value is -2.44. The number of nitro groups is 1. The number of rotatable bonds is 3. The molecular weight excluding hydrogens is 226 g/mol. The number of benzene rings is 1. The molecule has 7 heteroatoms. The zero-order chi connectivity index (χ0) is 12.4. The summed E-state index contributed by atoms with van der Waals surface area (Å²) in [5.41, 5.74) is 0.448. The third-order valence-corrected chi connectivity index (χ3v) is 2.27. The number of ether oxygens (including phenoxy) is 1. The number of carbonyl (C=O) groups excluding carboxylic acids is 1. The molecule has 0 unspecified atom stereocenters. The number of nitro benzene ring substituents is 1. The van der Waals surface area contributed by atoms with Gasteiger partial charge in [-0.1, -0.05) is 0 Å². The average molecular weight is 235 g/mol. The molecular formula is C10H9N3O4. The van der Waals surface area contributed by atoms with E-state index in [1.807, 2.05) is 0 Å². The van der Waals surface area contributed by atoms with Crippen LogP contribution in [0.1, 0.15) is 0 Å². The maximum Gasteiger partial charge on any atom is 0.327 e. The van der Waals surface area contributed by atoms with Crippen LogP contribution in [0.3, 0.4) is 0 Å². The topological polar surface area (TPSA) is 87.3 Å². The highest BCUT2D eigenvalue weighted by molar-refractivity contribution is 5.81. The van der Waals surface area contributed by atoms with Crippen LogP contribution in [-0.2, 0) is 16.1 Å². The minimum absolute atomic E-state index is 0.0149. The van der Waals surface area contributed by atoms with Gasteiger partial charge in [-0.05, 0) is 6.07 Å². The number of methoxy groups -OCH3 is 1. The van der Waals surface area contributed by atoms with E-state index in [1.165, 1.54) is 23.9 Å². The van der Waals surface area contributed by atoms with Crippen molar-refractivity contribution in [2.24, 2.45) is 0 Å². The van der Waals surface area contributed by atoms with Gasteiger partial charge < -0.3 is 4.74 Å². The number of non-ortho nitro benzene ring substituents is 1. The third-order valence-electron chi connectivity index (χ3n) is 2.27. The van der Waals surface area contributed by atoms with Gasteiger partial charge in [0, 0.05) is 23.7 Å². The van der Waals surface area contributed by atoms with Crippen LogP contribution in [-0.4, -0.2) is 27.8 Å². The molecule has 0 amide bonds. The quantitative estimate of drug-likeness (QED) is 0.452. The van der Waals surface area contributed by atoms with Crippen LogP contribution in [0.2, 0.25) is 0 Å². The van der Waals surface area contributed by atoms with Crippen LogP contribution in [0.15, 0.2) is 24.4 Å². The van der Waals surface area contributed by atoms with Gasteiger partial charge in [0.25, 0.3) is 5.69 Å². The SMILES string of the molecule is COC(=O)Cn1cc2ccc([N+](=O)[O-])cc2n1. The second-order valence-corrected chi connectivity index (χ2v) is 3.40. The van der Waals surface area contributed by atoms with Crippen LogP contribution in [0.5, 0.6) is 0 Å². The maximum atomic E-state index is 11.0. The molecule has 0 saturated carbocycles. The highest BCUT2D eigenvalue weighted by Crippen LogP contribution is 2.19. The Bertz CT molecular complexity index is 590. The van der Waals surface area contributed by atoms with Crippen molar-refractivity contribution in [3.63, 3.8) is 0 Å². The normalized spacial score (nSPS) is 10.4. The van der Waals surface area contributed by atoms with E-state index in [1.54, 1.807) is 12.3 Å². The molecule has 0 saturated heterocycles. The Kier molecular flexibility index (Phi) is 2.73. The van der Waals surface area contributed by atoms with Crippen molar-refractivity contribution in [3.8, 4) is 0 Å². The van der Waals surface area contributed by atoms with E-state index in [4.69, 9.17) is 0 Å². The van der Waals surface area contributed by atoms with Gasteiger partial charge >= 0.3 is 5.97 Å². The summed E-state index contributed by atoms with van der Waals surface area (Å²) in [4.78, 5) is 21.1. The van der Waals surface area contributed by atoms with Gasteiger partial charge in [-0.2, -0.15) is 5.10 Å². The van der Waals surface area contributed by atoms with Crippen LogP contribution in [0.25, 0.3) is 10.9 Å². The molecule has 7 nitrogen and oxygen atoms in total. The summed E-state index contributed by atoms with van der Waals surface area (Å²) in [5.74, 6) is -0.424. The number of nitrogens with zero attached hydrogens (tertiary/aromatic N) is 3. The van der Waals surface area contributed by atoms with E-state index in [0.29, 0.717) is 5.52 Å². The Morgan fingerprint density at radius 2 is 2.35 bits per heavy atom. The maximum absolute atomic E-state index is 11.0. The lowest BCUT2D eigenvalue weighted by Gasteiger charge is -1.97. The van der Waals surface area contributed by atoms with Crippen LogP contribution in [0.4, 0.5) is 5.69 Å². The summed E-state index contributed by atoms with van der Waals surface area (Å²) in [6, 6.07) is 4.35. The van der Waals surface area contributed by atoms with E-state index in [0.717, 1.165) is 5.39 Å². The highest BCUT2D eigenvalue weighted by Gasteiger charge is 2.10. The zero-order valence-corrected chi connectivity index (χ0v) is 8.99. The van der Waals surface area contributed by atoms with Crippen molar-refractivity contribution in [1.82, 2.24) is 9.78 Å². The Balaban J connectivity index is 2.37. The minimum Gasteiger partial charge on any atom is -0.468 e. The second-order valence-electron chi connectivity index (χ2n) is 3.40. The number of carbonyl (C=O) groups is 1. The molecule has 0 N–H and O–H groups in total. The van der Waals surface area contributed by atoms with Gasteiger partial charge in [0.1, 0.15) is 6.54 Å². The van der Waals surface area contributed by atoms with Crippen LogP contribution >= 0.6 is 0 Å². The van der Waals surface area contributed by atoms with Crippen molar-refractivity contribution >= 4 is 22.6 Å². The van der Waals surface area contributed by atoms with E-state index < -0.39 is 10.9 Å². The molecule has 2 rings (SSSR count). The van der Waals surface area contributed by atoms with Crippen LogP contribution in [0, 0.1) is 10.1 Å². The van der Waals surface area contributed by atoms with E-state index in [9.17, 15) is 14.9 Å². The first-order valence-corrected chi connectivity index (χ1v) is 4.78. The second kappa shape index (κ2) is 4.20. The Labute approximate surface area is 95.7 Å². The fraction of sp³-hybridized carbons (Fsp3) is 0.200. The molecule has 88 valence electrons. The van der Waals surface area contributed by atoms with E-state index >= 15 is 0 Å². The zero-order valence-electron chi connectivity index (χ0n) is 8.99. The summed E-state index contributed by atoms with van der Waals surface area (Å²) in [6.07, 6.45) is 1.63. The monoisotopic (exact) mass is 235 g/mol. The molecule has 0 bridgehead atoms. The van der Waals surface area contributed by atoms with E-state index in [-0.39, 0.29) is 12.2 Å². The van der Waals surface area contributed by atoms with Gasteiger partial charge in [-0.3, -0.25) is 19.6 Å². The molecule has 0 aliphatic carbocycles. The first-order valence-electron chi connectivity index (χ1n) is 4.78. The number of fused-ring (bicyclic) bond motifs is 1. The lowest BCUT2D eigenvalue weighted by Crippen LogP contribution is -2.11. The Morgan fingerprint density at radius 1 is 1.59 bits per heavy atom. The van der Waals surface area contributed by atoms with Crippen molar-refractivity contribution in [1.29, 1.82) is 0 Å². The molecule has 1 aromatic heterocycles. The van der Waals surface area contributed by atoms with Crippen molar-refractivity contribution < 1.29 is 14.5 Å². The predicted octanol–water partition coefficient (Wildman–Crippen LogP) is 1.12. The van der Waals surface area contributed by atoms with Gasteiger partial charge in [-0.15, -0.1) is 0 Å². The summed E-state index contributed by atoms with van der Waals surface area (Å²) in [7, 11) is 1.29. The fourth-order valence-electron chi connectivity index (χ4n) is 1.45. The summed E-state index contributed by atoms with van der Waals surface area (Å²) < 4.78 is 5.89. The number of hydrogen-bond donors (Lipinski definition) is 0. The largest absolute Gasteiger partial charge is 0.468 e. The third kappa shape index (κ3) is 2.22. The van der Waals surface area contributed by atoms with Crippen molar-refractivity contribution in [3.05, 3.63) is 34.5 Å². The Morgan fingerprint density at radius 3 is 3.00 bits per heavy atom. The molecule has 0 atom stereocenters. The van der Waals surface area contributed by atoms with Crippen LogP contribution < -0.4 is 0 Å². The number of aromatic nitrogens is 2. The lowest BCUT2D eigenvalue weighted by atomic mass is 10.2. The molecule has 1 aromatic carbocycles. The molecule has 1 heterocycles.